The van der Waals surface area contributed by atoms with Crippen molar-refractivity contribution in [3.8, 4) is 5.75 Å². The molecule has 0 radical (unpaired) electrons. The molecule has 0 saturated carbocycles. The average Bonchev–Trinajstić information content (AvgIpc) is 2.87. The Morgan fingerprint density at radius 1 is 1.48 bits per heavy atom. The van der Waals surface area contributed by atoms with Crippen LogP contribution in [0, 0.1) is 12.7 Å². The van der Waals surface area contributed by atoms with Gasteiger partial charge >= 0.3 is 0 Å². The molecule has 6 heteroatoms. The lowest BCUT2D eigenvalue weighted by Crippen LogP contribution is -2.31. The number of nitrogens with one attached hydrogen (secondary N) is 1. The second-order valence-corrected chi connectivity index (χ2v) is 4.93. The number of aryl methyl sites for hydroxylation is 2. The fraction of sp³-hybridized carbons (Fsp3) is 0.400. The van der Waals surface area contributed by atoms with Crippen LogP contribution in [-0.4, -0.2) is 16.9 Å². The molecule has 5 nitrogen and oxygen atoms in total. The van der Waals surface area contributed by atoms with Crippen LogP contribution in [0.25, 0.3) is 0 Å². The maximum absolute atomic E-state index is 13.8. The van der Waals surface area contributed by atoms with Crippen molar-refractivity contribution in [2.24, 2.45) is 5.84 Å². The van der Waals surface area contributed by atoms with Crippen molar-refractivity contribution in [1.82, 2.24) is 15.2 Å². The number of benzene rings is 1. The van der Waals surface area contributed by atoms with Gasteiger partial charge in [0.1, 0.15) is 11.5 Å². The van der Waals surface area contributed by atoms with Crippen LogP contribution < -0.4 is 16.0 Å². The Morgan fingerprint density at radius 3 is 2.81 bits per heavy atom. The molecule has 0 saturated heterocycles. The van der Waals surface area contributed by atoms with E-state index in [4.69, 9.17) is 10.6 Å². The van der Waals surface area contributed by atoms with Gasteiger partial charge in [0.2, 0.25) is 0 Å². The standard InChI is InChI=1S/C15H21FN4O/c1-4-7-20-15(13(21-3)9-18-20)14(19-17)11-6-5-10(2)12(16)8-11/h5-6,8-9,14,19H,4,7,17H2,1-3H3. The number of rotatable bonds is 6. The minimum Gasteiger partial charge on any atom is -0.493 e. The molecule has 1 atom stereocenters. The SMILES string of the molecule is CCCn1ncc(OC)c1C(NN)c1ccc(C)c(F)c1. The highest BCUT2D eigenvalue weighted by Crippen LogP contribution is 2.30. The van der Waals surface area contributed by atoms with Gasteiger partial charge in [0.05, 0.1) is 19.3 Å². The highest BCUT2D eigenvalue weighted by atomic mass is 19.1. The molecule has 1 heterocycles. The molecule has 1 unspecified atom stereocenters. The van der Waals surface area contributed by atoms with Gasteiger partial charge in [-0.1, -0.05) is 19.1 Å². The molecule has 0 spiro atoms. The normalized spacial score (nSPS) is 12.4. The Bertz CT molecular complexity index is 612. The molecule has 21 heavy (non-hydrogen) atoms. The number of hydrogen-bond donors (Lipinski definition) is 2. The van der Waals surface area contributed by atoms with Crippen molar-refractivity contribution in [2.45, 2.75) is 32.9 Å². The molecular weight excluding hydrogens is 271 g/mol. The molecule has 0 amide bonds. The second-order valence-electron chi connectivity index (χ2n) is 4.93. The van der Waals surface area contributed by atoms with Gasteiger partial charge in [0.25, 0.3) is 0 Å². The van der Waals surface area contributed by atoms with Crippen molar-refractivity contribution in [3.05, 3.63) is 47.0 Å². The van der Waals surface area contributed by atoms with E-state index in [1.165, 1.54) is 6.07 Å². The summed E-state index contributed by atoms with van der Waals surface area (Å²) in [6, 6.07) is 4.69. The number of ether oxygens (including phenoxy) is 1. The summed E-state index contributed by atoms with van der Waals surface area (Å²) >= 11 is 0. The van der Waals surface area contributed by atoms with Crippen molar-refractivity contribution >= 4 is 0 Å². The Balaban J connectivity index is 2.49. The zero-order chi connectivity index (χ0) is 15.4. The van der Waals surface area contributed by atoms with Crippen LogP contribution in [0.5, 0.6) is 5.75 Å². The molecule has 0 aliphatic rings. The van der Waals surface area contributed by atoms with Gasteiger partial charge in [-0.3, -0.25) is 10.5 Å². The first-order valence-electron chi connectivity index (χ1n) is 6.94. The van der Waals surface area contributed by atoms with E-state index in [1.54, 1.807) is 26.3 Å². The van der Waals surface area contributed by atoms with Crippen LogP contribution in [0.2, 0.25) is 0 Å². The summed E-state index contributed by atoms with van der Waals surface area (Å²) in [5.41, 5.74) is 4.86. The molecular formula is C15H21FN4O. The van der Waals surface area contributed by atoms with E-state index in [1.807, 2.05) is 10.7 Å². The molecule has 0 aliphatic carbocycles. The lowest BCUT2D eigenvalue weighted by Gasteiger charge is -2.19. The first-order valence-corrected chi connectivity index (χ1v) is 6.94. The van der Waals surface area contributed by atoms with Crippen molar-refractivity contribution in [1.29, 1.82) is 0 Å². The number of hydrazine groups is 1. The molecule has 2 aromatic rings. The van der Waals surface area contributed by atoms with Crippen molar-refractivity contribution in [2.75, 3.05) is 7.11 Å². The topological polar surface area (TPSA) is 65.1 Å². The zero-order valence-electron chi connectivity index (χ0n) is 12.6. The third kappa shape index (κ3) is 3.06. The predicted molar refractivity (Wildman–Crippen MR) is 79.4 cm³/mol. The highest BCUT2D eigenvalue weighted by molar-refractivity contribution is 5.37. The lowest BCUT2D eigenvalue weighted by molar-refractivity contribution is 0.398. The molecule has 0 bridgehead atoms. The maximum atomic E-state index is 13.8. The molecule has 0 aliphatic heterocycles. The van der Waals surface area contributed by atoms with Gasteiger partial charge < -0.3 is 4.74 Å². The maximum Gasteiger partial charge on any atom is 0.161 e. The average molecular weight is 292 g/mol. The second kappa shape index (κ2) is 6.69. The predicted octanol–water partition coefficient (Wildman–Crippen LogP) is 2.30. The van der Waals surface area contributed by atoms with Gasteiger partial charge in [0.15, 0.2) is 5.75 Å². The first kappa shape index (κ1) is 15.5. The number of methoxy groups -OCH3 is 1. The summed E-state index contributed by atoms with van der Waals surface area (Å²) in [7, 11) is 1.58. The van der Waals surface area contributed by atoms with E-state index >= 15 is 0 Å². The fourth-order valence-corrected chi connectivity index (χ4v) is 2.34. The van der Waals surface area contributed by atoms with Crippen LogP contribution in [0.4, 0.5) is 4.39 Å². The van der Waals surface area contributed by atoms with Crippen LogP contribution in [0.1, 0.15) is 36.2 Å². The zero-order valence-corrected chi connectivity index (χ0v) is 12.6. The number of hydrogen-bond acceptors (Lipinski definition) is 4. The van der Waals surface area contributed by atoms with Crippen LogP contribution in [0.15, 0.2) is 24.4 Å². The van der Waals surface area contributed by atoms with Gasteiger partial charge in [-0.15, -0.1) is 0 Å². The summed E-state index contributed by atoms with van der Waals surface area (Å²) in [6.45, 7) is 4.53. The molecule has 3 N–H and O–H groups in total. The number of halogens is 1. The molecule has 1 aromatic heterocycles. The highest BCUT2D eigenvalue weighted by Gasteiger charge is 2.23. The minimum absolute atomic E-state index is 0.256. The number of nitrogens with two attached hydrogens (primary N) is 1. The third-order valence-electron chi connectivity index (χ3n) is 3.47. The monoisotopic (exact) mass is 292 g/mol. The minimum atomic E-state index is -0.385. The van der Waals surface area contributed by atoms with E-state index in [-0.39, 0.29) is 11.9 Å². The molecule has 2 rings (SSSR count). The molecule has 1 aromatic carbocycles. The first-order chi connectivity index (χ1) is 10.1. The Hall–Kier alpha value is -1.92. The third-order valence-corrected chi connectivity index (χ3v) is 3.47. The van der Waals surface area contributed by atoms with Gasteiger partial charge in [-0.25, -0.2) is 9.82 Å². The van der Waals surface area contributed by atoms with Crippen LogP contribution in [-0.2, 0) is 6.54 Å². The molecule has 114 valence electrons. The largest absolute Gasteiger partial charge is 0.493 e. The smallest absolute Gasteiger partial charge is 0.161 e. The lowest BCUT2D eigenvalue weighted by atomic mass is 10.0. The number of nitrogens with zero attached hydrogens (tertiary/aromatic N) is 2. The fourth-order valence-electron chi connectivity index (χ4n) is 2.34. The van der Waals surface area contributed by atoms with E-state index in [9.17, 15) is 4.39 Å². The molecule has 0 fully saturated rings. The Labute approximate surface area is 123 Å². The van der Waals surface area contributed by atoms with E-state index in [0.29, 0.717) is 11.3 Å². The summed E-state index contributed by atoms with van der Waals surface area (Å²) < 4.78 is 21.0. The van der Waals surface area contributed by atoms with Gasteiger partial charge in [0, 0.05) is 6.54 Å². The van der Waals surface area contributed by atoms with Crippen molar-refractivity contribution < 1.29 is 9.13 Å². The van der Waals surface area contributed by atoms with Gasteiger partial charge in [-0.2, -0.15) is 5.10 Å². The van der Waals surface area contributed by atoms with Crippen LogP contribution in [0.3, 0.4) is 0 Å². The van der Waals surface area contributed by atoms with Gasteiger partial charge in [-0.05, 0) is 30.5 Å². The Morgan fingerprint density at radius 2 is 2.24 bits per heavy atom. The summed E-state index contributed by atoms with van der Waals surface area (Å²) in [5.74, 6) is 6.08. The Kier molecular flexibility index (Phi) is 4.93. The summed E-state index contributed by atoms with van der Waals surface area (Å²) in [6.07, 6.45) is 2.58. The van der Waals surface area contributed by atoms with E-state index in [0.717, 1.165) is 24.2 Å². The number of aromatic nitrogens is 2. The summed E-state index contributed by atoms with van der Waals surface area (Å²) in [5, 5.41) is 4.31. The summed E-state index contributed by atoms with van der Waals surface area (Å²) in [4.78, 5) is 0. The van der Waals surface area contributed by atoms with Crippen molar-refractivity contribution in [3.63, 3.8) is 0 Å². The van der Waals surface area contributed by atoms with E-state index in [2.05, 4.69) is 17.4 Å². The van der Waals surface area contributed by atoms with Crippen LogP contribution >= 0.6 is 0 Å². The quantitative estimate of drug-likeness (QED) is 0.633. The van der Waals surface area contributed by atoms with E-state index < -0.39 is 0 Å².